The third kappa shape index (κ3) is 6.49. The highest BCUT2D eigenvalue weighted by Crippen LogP contribution is 2.41. The number of hydrogen-bond acceptors (Lipinski definition) is 7. The SMILES string of the molecule is COc1ccc(SCCN2CCC(CC[C@H](O)c3c(Cl)cnc4ccc(OC)cc34)(C(=O)O)CC2)cc1. The number of aliphatic hydroxyl groups is 1. The summed E-state index contributed by atoms with van der Waals surface area (Å²) in [6.45, 7) is 2.35. The summed E-state index contributed by atoms with van der Waals surface area (Å²) in [5.41, 5.74) is 0.417. The van der Waals surface area contributed by atoms with Crippen LogP contribution in [0.25, 0.3) is 10.9 Å². The Morgan fingerprint density at radius 2 is 1.81 bits per heavy atom. The first-order chi connectivity index (χ1) is 17.8. The second-order valence-electron chi connectivity index (χ2n) is 9.41. The van der Waals surface area contributed by atoms with Crippen molar-refractivity contribution in [2.75, 3.05) is 39.6 Å². The number of ether oxygens (including phenoxy) is 2. The third-order valence-electron chi connectivity index (χ3n) is 7.30. The van der Waals surface area contributed by atoms with Crippen molar-refractivity contribution in [1.29, 1.82) is 0 Å². The predicted octanol–water partition coefficient (Wildman–Crippen LogP) is 5.68. The smallest absolute Gasteiger partial charge is 0.309 e. The summed E-state index contributed by atoms with van der Waals surface area (Å²) in [6, 6.07) is 13.4. The van der Waals surface area contributed by atoms with Crippen LogP contribution in [0.2, 0.25) is 5.02 Å². The van der Waals surface area contributed by atoms with Gasteiger partial charge in [-0.05, 0) is 81.2 Å². The van der Waals surface area contributed by atoms with Gasteiger partial charge in [0.05, 0.1) is 36.3 Å². The molecule has 0 aliphatic carbocycles. The number of pyridine rings is 1. The molecule has 1 saturated heterocycles. The number of methoxy groups -OCH3 is 2. The minimum Gasteiger partial charge on any atom is -0.497 e. The largest absolute Gasteiger partial charge is 0.497 e. The van der Waals surface area contributed by atoms with E-state index in [2.05, 4.69) is 22.0 Å². The van der Waals surface area contributed by atoms with Crippen LogP contribution < -0.4 is 9.47 Å². The molecule has 0 spiro atoms. The van der Waals surface area contributed by atoms with Crippen LogP contribution in [0.5, 0.6) is 11.5 Å². The van der Waals surface area contributed by atoms with Crippen LogP contribution in [-0.4, -0.2) is 65.7 Å². The van der Waals surface area contributed by atoms with E-state index in [0.29, 0.717) is 52.9 Å². The van der Waals surface area contributed by atoms with Gasteiger partial charge in [0, 0.05) is 34.3 Å². The minimum atomic E-state index is -0.903. The molecule has 4 rings (SSSR count). The molecule has 2 heterocycles. The summed E-state index contributed by atoms with van der Waals surface area (Å²) in [5, 5.41) is 22.4. The van der Waals surface area contributed by atoms with Gasteiger partial charge in [0.2, 0.25) is 0 Å². The molecule has 1 fully saturated rings. The fourth-order valence-electron chi connectivity index (χ4n) is 4.93. The fourth-order valence-corrected chi connectivity index (χ4v) is 6.12. The maximum Gasteiger partial charge on any atom is 0.309 e. The van der Waals surface area contributed by atoms with E-state index in [0.717, 1.165) is 31.1 Å². The summed E-state index contributed by atoms with van der Waals surface area (Å²) < 4.78 is 10.5. The maximum atomic E-state index is 12.4. The van der Waals surface area contributed by atoms with Crippen molar-refractivity contribution < 1.29 is 24.5 Å². The Bertz CT molecular complexity index is 1220. The molecule has 1 atom stereocenters. The number of carboxylic acids is 1. The number of piperidine rings is 1. The number of carboxylic acid groups (broad SMARTS) is 1. The number of rotatable bonds is 11. The number of nitrogens with zero attached hydrogens (tertiary/aromatic N) is 2. The first-order valence-corrected chi connectivity index (χ1v) is 13.7. The van der Waals surface area contributed by atoms with Gasteiger partial charge < -0.3 is 24.6 Å². The number of carbonyl (C=O) groups is 1. The maximum absolute atomic E-state index is 12.4. The van der Waals surface area contributed by atoms with E-state index >= 15 is 0 Å². The van der Waals surface area contributed by atoms with Crippen molar-refractivity contribution >= 4 is 40.2 Å². The van der Waals surface area contributed by atoms with Crippen LogP contribution in [0.3, 0.4) is 0 Å². The highest BCUT2D eigenvalue weighted by atomic mass is 35.5. The fraction of sp³-hybridized carbons (Fsp3) is 0.429. The number of aromatic nitrogens is 1. The van der Waals surface area contributed by atoms with Crippen molar-refractivity contribution in [2.45, 2.75) is 36.7 Å². The molecule has 3 aromatic rings. The summed E-state index contributed by atoms with van der Waals surface area (Å²) in [6.07, 6.45) is 2.42. The van der Waals surface area contributed by atoms with Crippen molar-refractivity contribution in [1.82, 2.24) is 9.88 Å². The second-order valence-corrected chi connectivity index (χ2v) is 11.0. The lowest BCUT2D eigenvalue weighted by Crippen LogP contribution is -2.45. The molecular weight excluding hydrogens is 512 g/mol. The molecule has 9 heteroatoms. The molecule has 0 amide bonds. The molecule has 2 N–H and O–H groups in total. The molecule has 37 heavy (non-hydrogen) atoms. The van der Waals surface area contributed by atoms with Crippen LogP contribution in [-0.2, 0) is 4.79 Å². The van der Waals surface area contributed by atoms with Gasteiger partial charge in [-0.1, -0.05) is 11.6 Å². The van der Waals surface area contributed by atoms with E-state index in [1.807, 2.05) is 30.3 Å². The highest BCUT2D eigenvalue weighted by Gasteiger charge is 2.41. The zero-order chi connectivity index (χ0) is 26.4. The predicted molar refractivity (Wildman–Crippen MR) is 147 cm³/mol. The minimum absolute atomic E-state index is 0.301. The van der Waals surface area contributed by atoms with Crippen LogP contribution in [0.1, 0.15) is 37.4 Å². The molecule has 1 aromatic heterocycles. The van der Waals surface area contributed by atoms with Crippen LogP contribution >= 0.6 is 23.4 Å². The molecule has 0 unspecified atom stereocenters. The lowest BCUT2D eigenvalue weighted by Gasteiger charge is -2.39. The van der Waals surface area contributed by atoms with E-state index < -0.39 is 17.5 Å². The summed E-state index contributed by atoms with van der Waals surface area (Å²) in [4.78, 5) is 20.2. The van der Waals surface area contributed by atoms with Gasteiger partial charge in [0.25, 0.3) is 0 Å². The molecule has 0 saturated carbocycles. The van der Waals surface area contributed by atoms with Crippen LogP contribution in [0.4, 0.5) is 0 Å². The molecule has 198 valence electrons. The van der Waals surface area contributed by atoms with Gasteiger partial charge in [0.1, 0.15) is 11.5 Å². The summed E-state index contributed by atoms with van der Waals surface area (Å²) in [7, 11) is 3.24. The average Bonchev–Trinajstić information content (AvgIpc) is 2.92. The Balaban J connectivity index is 1.35. The second kappa shape index (κ2) is 12.3. The van der Waals surface area contributed by atoms with Crippen molar-refractivity contribution in [3.05, 3.63) is 59.2 Å². The Morgan fingerprint density at radius 1 is 1.14 bits per heavy atom. The third-order valence-corrected chi connectivity index (χ3v) is 8.59. The van der Waals surface area contributed by atoms with E-state index in [4.69, 9.17) is 21.1 Å². The molecule has 0 bridgehead atoms. The number of hydrogen-bond donors (Lipinski definition) is 2. The number of thioether (sulfide) groups is 1. The Labute approximate surface area is 226 Å². The molecule has 2 aromatic carbocycles. The average molecular weight is 545 g/mol. The van der Waals surface area contributed by atoms with Gasteiger partial charge in [-0.15, -0.1) is 11.8 Å². The van der Waals surface area contributed by atoms with Crippen molar-refractivity contribution in [3.63, 3.8) is 0 Å². The molecular formula is C28H33ClN2O5S. The Morgan fingerprint density at radius 3 is 2.46 bits per heavy atom. The Hall–Kier alpha value is -2.52. The van der Waals surface area contributed by atoms with E-state index in [1.165, 1.54) is 11.1 Å². The summed E-state index contributed by atoms with van der Waals surface area (Å²) in [5.74, 6) is 1.63. The van der Waals surface area contributed by atoms with Crippen LogP contribution in [0.15, 0.2) is 53.6 Å². The number of halogens is 1. The molecule has 1 aliphatic rings. The molecule has 1 aliphatic heterocycles. The van der Waals surface area contributed by atoms with Crippen molar-refractivity contribution in [2.24, 2.45) is 5.41 Å². The zero-order valence-corrected chi connectivity index (χ0v) is 22.7. The molecule has 0 radical (unpaired) electrons. The Kier molecular flexibility index (Phi) is 9.18. The van der Waals surface area contributed by atoms with Crippen LogP contribution in [0, 0.1) is 5.41 Å². The quantitative estimate of drug-likeness (QED) is 0.298. The van der Waals surface area contributed by atoms with Gasteiger partial charge >= 0.3 is 5.97 Å². The topological polar surface area (TPSA) is 92.1 Å². The van der Waals surface area contributed by atoms with Gasteiger partial charge in [-0.2, -0.15) is 0 Å². The van der Waals surface area contributed by atoms with E-state index in [-0.39, 0.29) is 0 Å². The number of likely N-dealkylation sites (tertiary alicyclic amines) is 1. The summed E-state index contributed by atoms with van der Waals surface area (Å²) >= 11 is 8.23. The lowest BCUT2D eigenvalue weighted by molar-refractivity contribution is -0.153. The monoisotopic (exact) mass is 544 g/mol. The number of aliphatic hydroxyl groups excluding tert-OH is 1. The van der Waals surface area contributed by atoms with Gasteiger partial charge in [-0.25, -0.2) is 0 Å². The first-order valence-electron chi connectivity index (χ1n) is 12.4. The zero-order valence-electron chi connectivity index (χ0n) is 21.2. The normalized spacial score (nSPS) is 16.4. The standard InChI is InChI=1S/C28H33ClN2O5S/c1-35-19-3-6-21(7-4-19)37-16-15-31-13-11-28(12-14-31,27(33)34)10-9-25(32)26-22-17-20(36-2)5-8-24(22)30-18-23(26)29/h3-8,17-18,25,32H,9-16H2,1-2H3,(H,33,34)/t25-/m0/s1. The van der Waals surface area contributed by atoms with Crippen molar-refractivity contribution in [3.8, 4) is 11.5 Å². The van der Waals surface area contributed by atoms with Gasteiger partial charge in [0.15, 0.2) is 0 Å². The van der Waals surface area contributed by atoms with E-state index in [9.17, 15) is 15.0 Å². The van der Waals surface area contributed by atoms with Gasteiger partial charge in [-0.3, -0.25) is 9.78 Å². The first kappa shape index (κ1) is 27.5. The number of benzene rings is 2. The number of fused-ring (bicyclic) bond motifs is 1. The number of aliphatic carboxylic acids is 1. The highest BCUT2D eigenvalue weighted by molar-refractivity contribution is 7.99. The van der Waals surface area contributed by atoms with E-state index in [1.54, 1.807) is 26.0 Å². The molecule has 7 nitrogen and oxygen atoms in total. The lowest BCUT2D eigenvalue weighted by atomic mass is 9.74.